The van der Waals surface area contributed by atoms with E-state index in [1.165, 1.54) is 0 Å². The lowest BCUT2D eigenvalue weighted by Crippen LogP contribution is -2.33. The summed E-state index contributed by atoms with van der Waals surface area (Å²) in [6.45, 7) is 5.40. The molecule has 2 aliphatic heterocycles. The fourth-order valence-electron chi connectivity index (χ4n) is 3.71. The summed E-state index contributed by atoms with van der Waals surface area (Å²) in [6, 6.07) is 11.2. The van der Waals surface area contributed by atoms with E-state index >= 15 is 0 Å². The number of halogens is 1. The topological polar surface area (TPSA) is 49.3 Å². The van der Waals surface area contributed by atoms with Gasteiger partial charge in [0.05, 0.1) is 5.69 Å². The van der Waals surface area contributed by atoms with Gasteiger partial charge in [-0.25, -0.2) is 0 Å². The Balaban J connectivity index is 1.42. The standard InChI is InChI=1S/C18H19ClN4O/c1-12-5-6-17(21-20-12)22-8-14-10-23(11-15(14)9-22)18(24)13-3-2-4-16(19)7-13/h2-7,14-15H,8-11H2,1H3. The van der Waals surface area contributed by atoms with E-state index in [-0.39, 0.29) is 5.91 Å². The summed E-state index contributed by atoms with van der Waals surface area (Å²) < 4.78 is 0. The molecule has 1 amide bonds. The van der Waals surface area contributed by atoms with Crippen molar-refractivity contribution in [3.63, 3.8) is 0 Å². The summed E-state index contributed by atoms with van der Waals surface area (Å²) in [6.07, 6.45) is 0. The zero-order valence-corrected chi connectivity index (χ0v) is 14.3. The van der Waals surface area contributed by atoms with E-state index in [2.05, 4.69) is 15.1 Å². The summed E-state index contributed by atoms with van der Waals surface area (Å²) in [7, 11) is 0. The number of likely N-dealkylation sites (tertiary alicyclic amines) is 1. The van der Waals surface area contributed by atoms with Crippen LogP contribution in [0.3, 0.4) is 0 Å². The summed E-state index contributed by atoms with van der Waals surface area (Å²) >= 11 is 6.00. The van der Waals surface area contributed by atoms with Crippen molar-refractivity contribution in [2.24, 2.45) is 11.8 Å². The van der Waals surface area contributed by atoms with Crippen LogP contribution in [0.2, 0.25) is 5.02 Å². The quantitative estimate of drug-likeness (QED) is 0.842. The van der Waals surface area contributed by atoms with Gasteiger partial charge in [-0.3, -0.25) is 4.79 Å². The second-order valence-corrected chi connectivity index (χ2v) is 7.11. The number of fused-ring (bicyclic) bond motifs is 1. The van der Waals surface area contributed by atoms with Crippen LogP contribution in [-0.2, 0) is 0 Å². The molecule has 6 heteroatoms. The van der Waals surface area contributed by atoms with Gasteiger partial charge in [0.2, 0.25) is 0 Å². The van der Waals surface area contributed by atoms with Crippen molar-refractivity contribution >= 4 is 23.3 Å². The number of nitrogens with zero attached hydrogens (tertiary/aromatic N) is 4. The number of rotatable bonds is 2. The SMILES string of the molecule is Cc1ccc(N2CC3CN(C(=O)c4cccc(Cl)c4)CC3C2)nn1. The fraction of sp³-hybridized carbons (Fsp3) is 0.389. The summed E-state index contributed by atoms with van der Waals surface area (Å²) in [5.41, 5.74) is 1.60. The van der Waals surface area contributed by atoms with Crippen molar-refractivity contribution in [3.05, 3.63) is 52.7 Å². The maximum Gasteiger partial charge on any atom is 0.253 e. The second kappa shape index (κ2) is 6.06. The first-order valence-electron chi connectivity index (χ1n) is 8.20. The Kier molecular flexibility index (Phi) is 3.88. The molecule has 0 N–H and O–H groups in total. The highest BCUT2D eigenvalue weighted by molar-refractivity contribution is 6.30. The highest BCUT2D eigenvalue weighted by atomic mass is 35.5. The smallest absolute Gasteiger partial charge is 0.253 e. The molecule has 3 heterocycles. The second-order valence-electron chi connectivity index (χ2n) is 6.68. The summed E-state index contributed by atoms with van der Waals surface area (Å²) in [5, 5.41) is 9.02. The Hall–Kier alpha value is -2.14. The Labute approximate surface area is 146 Å². The highest BCUT2D eigenvalue weighted by Gasteiger charge is 2.42. The molecule has 0 radical (unpaired) electrons. The number of carbonyl (C=O) groups excluding carboxylic acids is 1. The van der Waals surface area contributed by atoms with E-state index < -0.39 is 0 Å². The average molecular weight is 343 g/mol. The minimum atomic E-state index is 0.0774. The average Bonchev–Trinajstić information content (AvgIpc) is 3.13. The van der Waals surface area contributed by atoms with E-state index in [4.69, 9.17) is 11.6 Å². The van der Waals surface area contributed by atoms with Gasteiger partial charge in [-0.2, -0.15) is 5.10 Å². The molecule has 0 spiro atoms. The number of aromatic nitrogens is 2. The number of anilines is 1. The van der Waals surface area contributed by atoms with Gasteiger partial charge in [0.1, 0.15) is 0 Å². The van der Waals surface area contributed by atoms with Crippen LogP contribution < -0.4 is 4.90 Å². The first-order chi connectivity index (χ1) is 11.6. The molecular weight excluding hydrogens is 324 g/mol. The summed E-state index contributed by atoms with van der Waals surface area (Å²) in [4.78, 5) is 16.9. The van der Waals surface area contributed by atoms with Crippen molar-refractivity contribution in [2.75, 3.05) is 31.1 Å². The Morgan fingerprint density at radius 3 is 2.46 bits per heavy atom. The highest BCUT2D eigenvalue weighted by Crippen LogP contribution is 2.33. The Morgan fingerprint density at radius 2 is 1.83 bits per heavy atom. The molecule has 0 saturated carbocycles. The molecule has 1 aromatic carbocycles. The minimum Gasteiger partial charge on any atom is -0.354 e. The van der Waals surface area contributed by atoms with Gasteiger partial charge in [-0.15, -0.1) is 5.10 Å². The van der Waals surface area contributed by atoms with Crippen LogP contribution in [0, 0.1) is 18.8 Å². The molecule has 0 bridgehead atoms. The van der Waals surface area contributed by atoms with Gasteiger partial charge in [0, 0.05) is 48.6 Å². The molecule has 2 unspecified atom stereocenters. The maximum atomic E-state index is 12.7. The number of carbonyl (C=O) groups is 1. The monoisotopic (exact) mass is 342 g/mol. The van der Waals surface area contributed by atoms with Crippen LogP contribution in [0.4, 0.5) is 5.82 Å². The van der Waals surface area contributed by atoms with E-state index in [0.717, 1.165) is 37.7 Å². The third kappa shape index (κ3) is 2.84. The third-order valence-electron chi connectivity index (χ3n) is 4.95. The van der Waals surface area contributed by atoms with Crippen molar-refractivity contribution in [1.29, 1.82) is 0 Å². The van der Waals surface area contributed by atoms with Crippen LogP contribution in [0.5, 0.6) is 0 Å². The summed E-state index contributed by atoms with van der Waals surface area (Å²) in [5.74, 6) is 2.00. The zero-order valence-electron chi connectivity index (χ0n) is 13.5. The van der Waals surface area contributed by atoms with Crippen molar-refractivity contribution < 1.29 is 4.79 Å². The normalized spacial score (nSPS) is 22.8. The van der Waals surface area contributed by atoms with E-state index in [1.807, 2.05) is 36.1 Å². The number of aryl methyl sites for hydroxylation is 1. The first-order valence-corrected chi connectivity index (χ1v) is 8.58. The van der Waals surface area contributed by atoms with E-state index in [1.54, 1.807) is 12.1 Å². The molecule has 2 fully saturated rings. The number of amides is 1. The fourth-order valence-corrected chi connectivity index (χ4v) is 3.90. The molecule has 1 aromatic heterocycles. The molecule has 5 nitrogen and oxygen atoms in total. The van der Waals surface area contributed by atoms with E-state index in [9.17, 15) is 4.79 Å². The molecular formula is C18H19ClN4O. The molecule has 2 atom stereocenters. The van der Waals surface area contributed by atoms with Gasteiger partial charge in [-0.05, 0) is 37.3 Å². The zero-order chi connectivity index (χ0) is 16.7. The molecule has 2 saturated heterocycles. The van der Waals surface area contributed by atoms with E-state index in [0.29, 0.717) is 22.4 Å². The predicted octanol–water partition coefficient (Wildman–Crippen LogP) is 2.65. The van der Waals surface area contributed by atoms with Crippen molar-refractivity contribution in [3.8, 4) is 0 Å². The van der Waals surface area contributed by atoms with Crippen LogP contribution in [0.1, 0.15) is 16.1 Å². The maximum absolute atomic E-state index is 12.7. The predicted molar refractivity (Wildman–Crippen MR) is 93.3 cm³/mol. The molecule has 2 aliphatic rings. The van der Waals surface area contributed by atoms with Crippen LogP contribution in [0.15, 0.2) is 36.4 Å². The van der Waals surface area contributed by atoms with Crippen LogP contribution in [0.25, 0.3) is 0 Å². The van der Waals surface area contributed by atoms with Gasteiger partial charge in [0.15, 0.2) is 5.82 Å². The van der Waals surface area contributed by atoms with Crippen molar-refractivity contribution in [1.82, 2.24) is 15.1 Å². The molecule has 24 heavy (non-hydrogen) atoms. The Morgan fingerprint density at radius 1 is 1.08 bits per heavy atom. The van der Waals surface area contributed by atoms with Crippen molar-refractivity contribution in [2.45, 2.75) is 6.92 Å². The number of hydrogen-bond acceptors (Lipinski definition) is 4. The molecule has 0 aliphatic carbocycles. The lowest BCUT2D eigenvalue weighted by molar-refractivity contribution is 0.0782. The van der Waals surface area contributed by atoms with Crippen LogP contribution >= 0.6 is 11.6 Å². The van der Waals surface area contributed by atoms with Gasteiger partial charge >= 0.3 is 0 Å². The van der Waals surface area contributed by atoms with Gasteiger partial charge in [-0.1, -0.05) is 17.7 Å². The Bertz CT molecular complexity index is 750. The largest absolute Gasteiger partial charge is 0.354 e. The number of benzene rings is 1. The number of hydrogen-bond donors (Lipinski definition) is 0. The van der Waals surface area contributed by atoms with Gasteiger partial charge in [0.25, 0.3) is 5.91 Å². The van der Waals surface area contributed by atoms with Gasteiger partial charge < -0.3 is 9.80 Å². The molecule has 124 valence electrons. The lowest BCUT2D eigenvalue weighted by Gasteiger charge is -2.22. The molecule has 4 rings (SSSR count). The lowest BCUT2D eigenvalue weighted by atomic mass is 10.0. The third-order valence-corrected chi connectivity index (χ3v) is 5.19. The minimum absolute atomic E-state index is 0.0774. The molecule has 2 aromatic rings. The van der Waals surface area contributed by atoms with Crippen LogP contribution in [-0.4, -0.2) is 47.2 Å². The first kappa shape index (κ1) is 15.4.